The molecule has 0 aliphatic carbocycles. The highest BCUT2D eigenvalue weighted by Crippen LogP contribution is 2.32. The number of fused-ring (bicyclic) bond motifs is 1. The molecule has 0 bridgehead atoms. The summed E-state index contributed by atoms with van der Waals surface area (Å²) in [7, 11) is 3.75. The van der Waals surface area contributed by atoms with Crippen LogP contribution in [0.2, 0.25) is 0 Å². The Bertz CT molecular complexity index is 892. The van der Waals surface area contributed by atoms with Crippen LogP contribution in [0.4, 0.5) is 0 Å². The molecule has 1 fully saturated rings. The Kier molecular flexibility index (Phi) is 5.61. The van der Waals surface area contributed by atoms with E-state index in [2.05, 4.69) is 27.4 Å². The molecular formula is C20H27N5O2S. The van der Waals surface area contributed by atoms with Crippen molar-refractivity contribution in [1.82, 2.24) is 24.7 Å². The van der Waals surface area contributed by atoms with Crippen molar-refractivity contribution in [3.05, 3.63) is 49.8 Å². The number of likely N-dealkylation sites (tertiary alicyclic amines) is 1. The monoisotopic (exact) mass is 401 g/mol. The number of amides is 1. The average molecular weight is 402 g/mol. The van der Waals surface area contributed by atoms with E-state index in [-0.39, 0.29) is 17.5 Å². The first-order chi connectivity index (χ1) is 13.5. The van der Waals surface area contributed by atoms with Crippen molar-refractivity contribution < 1.29 is 4.79 Å². The zero-order chi connectivity index (χ0) is 19.7. The Morgan fingerprint density at radius 1 is 1.39 bits per heavy atom. The van der Waals surface area contributed by atoms with E-state index in [4.69, 9.17) is 4.98 Å². The summed E-state index contributed by atoms with van der Waals surface area (Å²) in [6.07, 6.45) is 2.77. The van der Waals surface area contributed by atoms with E-state index in [0.717, 1.165) is 37.4 Å². The van der Waals surface area contributed by atoms with Gasteiger partial charge in [0.05, 0.1) is 30.4 Å². The molecule has 0 aromatic carbocycles. The number of H-pyrrole nitrogens is 1. The fourth-order valence-electron chi connectivity index (χ4n) is 4.11. The SMILES string of the molecule is CN(C)CC(=O)N1CCc2nc([C@@H]3CCCN3Cc3cccs3)[nH]c(=O)c2C1. The first-order valence-corrected chi connectivity index (χ1v) is 10.7. The third-order valence-corrected chi connectivity index (χ3v) is 6.37. The molecular weight excluding hydrogens is 374 g/mol. The van der Waals surface area contributed by atoms with E-state index in [9.17, 15) is 9.59 Å². The molecule has 1 saturated heterocycles. The summed E-state index contributed by atoms with van der Waals surface area (Å²) in [5.41, 5.74) is 1.41. The molecule has 1 atom stereocenters. The molecule has 4 heterocycles. The molecule has 0 radical (unpaired) electrons. The molecule has 28 heavy (non-hydrogen) atoms. The standard InChI is InChI=1S/C20H27N5O2S/c1-23(2)13-18(26)25-9-7-16-15(12-25)20(27)22-19(21-16)17-6-3-8-24(17)11-14-5-4-10-28-14/h4-5,10,17H,3,6-9,11-13H2,1-2H3,(H,21,22,27)/t17-/m0/s1. The van der Waals surface area contributed by atoms with Crippen LogP contribution in [-0.2, 0) is 24.3 Å². The number of aromatic amines is 1. The minimum atomic E-state index is -0.0923. The molecule has 7 nitrogen and oxygen atoms in total. The van der Waals surface area contributed by atoms with Gasteiger partial charge in [0.2, 0.25) is 5.91 Å². The highest BCUT2D eigenvalue weighted by Gasteiger charge is 2.31. The Morgan fingerprint density at radius 3 is 3.00 bits per heavy atom. The van der Waals surface area contributed by atoms with Gasteiger partial charge in [0.15, 0.2) is 0 Å². The van der Waals surface area contributed by atoms with Crippen LogP contribution in [0.15, 0.2) is 22.3 Å². The van der Waals surface area contributed by atoms with E-state index in [0.29, 0.717) is 31.6 Å². The van der Waals surface area contributed by atoms with Gasteiger partial charge in [0, 0.05) is 24.4 Å². The van der Waals surface area contributed by atoms with Crippen LogP contribution in [0.1, 0.15) is 40.8 Å². The van der Waals surface area contributed by atoms with Gasteiger partial charge in [-0.1, -0.05) is 6.07 Å². The molecule has 1 amide bonds. The second-order valence-electron chi connectivity index (χ2n) is 7.89. The van der Waals surface area contributed by atoms with E-state index in [1.165, 1.54) is 4.88 Å². The summed E-state index contributed by atoms with van der Waals surface area (Å²) < 4.78 is 0. The van der Waals surface area contributed by atoms with Crippen LogP contribution < -0.4 is 5.56 Å². The van der Waals surface area contributed by atoms with Crippen LogP contribution >= 0.6 is 11.3 Å². The fourth-order valence-corrected chi connectivity index (χ4v) is 4.84. The molecule has 2 aliphatic rings. The van der Waals surface area contributed by atoms with E-state index >= 15 is 0 Å². The first-order valence-electron chi connectivity index (χ1n) is 9.82. The summed E-state index contributed by atoms with van der Waals surface area (Å²) in [5.74, 6) is 0.836. The van der Waals surface area contributed by atoms with Crippen LogP contribution in [0.25, 0.3) is 0 Å². The number of likely N-dealkylation sites (N-methyl/N-ethyl adjacent to an activating group) is 1. The second-order valence-corrected chi connectivity index (χ2v) is 8.92. The quantitative estimate of drug-likeness (QED) is 0.824. The van der Waals surface area contributed by atoms with E-state index in [1.54, 1.807) is 16.2 Å². The zero-order valence-corrected chi connectivity index (χ0v) is 17.3. The van der Waals surface area contributed by atoms with Gasteiger partial charge < -0.3 is 14.8 Å². The van der Waals surface area contributed by atoms with Gasteiger partial charge in [-0.25, -0.2) is 4.98 Å². The van der Waals surface area contributed by atoms with Crippen molar-refractivity contribution in [2.75, 3.05) is 33.7 Å². The lowest BCUT2D eigenvalue weighted by Gasteiger charge is -2.30. The van der Waals surface area contributed by atoms with Gasteiger partial charge in [0.25, 0.3) is 5.56 Å². The van der Waals surface area contributed by atoms with Crippen molar-refractivity contribution >= 4 is 17.2 Å². The maximum Gasteiger partial charge on any atom is 0.256 e. The lowest BCUT2D eigenvalue weighted by atomic mass is 10.1. The molecule has 0 unspecified atom stereocenters. The van der Waals surface area contributed by atoms with Gasteiger partial charge in [0.1, 0.15) is 5.82 Å². The highest BCUT2D eigenvalue weighted by molar-refractivity contribution is 7.09. The summed E-state index contributed by atoms with van der Waals surface area (Å²) in [6.45, 7) is 3.26. The lowest BCUT2D eigenvalue weighted by Crippen LogP contribution is -2.43. The number of hydrogen-bond donors (Lipinski definition) is 1. The fraction of sp³-hybridized carbons (Fsp3) is 0.550. The number of aromatic nitrogens is 2. The summed E-state index contributed by atoms with van der Waals surface area (Å²) in [4.78, 5) is 40.4. The molecule has 0 saturated carbocycles. The molecule has 2 aliphatic heterocycles. The largest absolute Gasteiger partial charge is 0.337 e. The highest BCUT2D eigenvalue weighted by atomic mass is 32.1. The van der Waals surface area contributed by atoms with E-state index < -0.39 is 0 Å². The second kappa shape index (κ2) is 8.14. The molecule has 8 heteroatoms. The average Bonchev–Trinajstić information content (AvgIpc) is 3.33. The summed E-state index contributed by atoms with van der Waals surface area (Å²) in [5, 5.41) is 2.10. The van der Waals surface area contributed by atoms with Crippen molar-refractivity contribution in [3.8, 4) is 0 Å². The van der Waals surface area contributed by atoms with Crippen LogP contribution in [0, 0.1) is 0 Å². The van der Waals surface area contributed by atoms with Crippen molar-refractivity contribution in [3.63, 3.8) is 0 Å². The minimum absolute atomic E-state index is 0.0528. The van der Waals surface area contributed by atoms with Crippen molar-refractivity contribution in [2.24, 2.45) is 0 Å². The lowest BCUT2D eigenvalue weighted by molar-refractivity contribution is -0.132. The number of nitrogens with zero attached hydrogens (tertiary/aromatic N) is 4. The predicted octanol–water partition coefficient (Wildman–Crippen LogP) is 1.61. The normalized spacial score (nSPS) is 20.0. The number of thiophene rings is 1. The molecule has 4 rings (SSSR count). The molecule has 0 spiro atoms. The Morgan fingerprint density at radius 2 is 2.25 bits per heavy atom. The Balaban J connectivity index is 1.53. The molecule has 2 aromatic rings. The van der Waals surface area contributed by atoms with Gasteiger partial charge >= 0.3 is 0 Å². The number of carbonyl (C=O) groups excluding carboxylic acids is 1. The molecule has 2 aromatic heterocycles. The maximum absolute atomic E-state index is 12.8. The van der Waals surface area contributed by atoms with Gasteiger partial charge in [-0.15, -0.1) is 11.3 Å². The van der Waals surface area contributed by atoms with Crippen molar-refractivity contribution in [2.45, 2.75) is 38.4 Å². The van der Waals surface area contributed by atoms with Crippen LogP contribution in [-0.4, -0.2) is 64.3 Å². The number of nitrogens with one attached hydrogen (secondary N) is 1. The molecule has 1 N–H and O–H groups in total. The summed E-state index contributed by atoms with van der Waals surface area (Å²) >= 11 is 1.77. The molecule has 150 valence electrons. The Hall–Kier alpha value is -2.03. The zero-order valence-electron chi connectivity index (χ0n) is 16.5. The first kappa shape index (κ1) is 19.3. The van der Waals surface area contributed by atoms with Gasteiger partial charge in [-0.2, -0.15) is 0 Å². The van der Waals surface area contributed by atoms with Crippen LogP contribution in [0.3, 0.4) is 0 Å². The predicted molar refractivity (Wildman–Crippen MR) is 109 cm³/mol. The van der Waals surface area contributed by atoms with Crippen molar-refractivity contribution in [1.29, 1.82) is 0 Å². The minimum Gasteiger partial charge on any atom is -0.337 e. The number of rotatable bonds is 5. The smallest absolute Gasteiger partial charge is 0.256 e. The topological polar surface area (TPSA) is 72.5 Å². The number of carbonyl (C=O) groups is 1. The Labute approximate surface area is 169 Å². The maximum atomic E-state index is 12.8. The third-order valence-electron chi connectivity index (χ3n) is 5.51. The summed E-state index contributed by atoms with van der Waals surface area (Å²) in [6, 6.07) is 4.39. The van der Waals surface area contributed by atoms with Crippen LogP contribution in [0.5, 0.6) is 0 Å². The number of hydrogen-bond acceptors (Lipinski definition) is 6. The van der Waals surface area contributed by atoms with Gasteiger partial charge in [-0.3, -0.25) is 14.5 Å². The van der Waals surface area contributed by atoms with Gasteiger partial charge in [-0.05, 0) is 44.9 Å². The van der Waals surface area contributed by atoms with E-state index in [1.807, 2.05) is 19.0 Å². The third kappa shape index (κ3) is 4.04.